The van der Waals surface area contributed by atoms with Crippen molar-refractivity contribution in [3.63, 3.8) is 0 Å². The third-order valence-corrected chi connectivity index (χ3v) is 2.93. The maximum Gasteiger partial charge on any atom is 0.138 e. The molecule has 1 aromatic heterocycles. The number of phenols is 1. The Hall–Kier alpha value is -2.82. The van der Waals surface area contributed by atoms with Crippen molar-refractivity contribution in [1.29, 1.82) is 5.41 Å². The van der Waals surface area contributed by atoms with E-state index in [2.05, 4.69) is 9.97 Å². The number of aromatic nitrogens is 2. The number of hydrogen-bond donors (Lipinski definition) is 4. The first-order valence-corrected chi connectivity index (χ1v) is 5.77. The number of benzene rings is 2. The fourth-order valence-electron chi connectivity index (χ4n) is 1.93. The molecule has 0 aliphatic carbocycles. The molecule has 0 fully saturated rings. The number of fused-ring (bicyclic) bond motifs is 1. The third kappa shape index (κ3) is 2.01. The van der Waals surface area contributed by atoms with Gasteiger partial charge in [0.25, 0.3) is 0 Å². The molecule has 5 N–H and O–H groups in total. The summed E-state index contributed by atoms with van der Waals surface area (Å²) in [5, 5.41) is 16.7. The summed E-state index contributed by atoms with van der Waals surface area (Å²) in [6.07, 6.45) is 0. The highest BCUT2D eigenvalue weighted by molar-refractivity contribution is 5.98. The molecule has 0 atom stereocenters. The van der Waals surface area contributed by atoms with Crippen LogP contribution >= 0.6 is 0 Å². The number of nitrogens with two attached hydrogens (primary N) is 1. The van der Waals surface area contributed by atoms with Crippen molar-refractivity contribution < 1.29 is 5.11 Å². The van der Waals surface area contributed by atoms with Crippen molar-refractivity contribution in [3.8, 4) is 17.1 Å². The number of nitrogen functional groups attached to an aromatic ring is 1. The fraction of sp³-hybridized carbons (Fsp3) is 0. The average molecular weight is 252 g/mol. The van der Waals surface area contributed by atoms with Crippen LogP contribution in [0.25, 0.3) is 22.4 Å². The largest absolute Gasteiger partial charge is 0.508 e. The van der Waals surface area contributed by atoms with Crippen LogP contribution in [-0.4, -0.2) is 20.9 Å². The standard InChI is InChI=1S/C14H12N4O/c15-13(16)9-3-6-11-12(7-9)18-14(17-11)8-1-4-10(19)5-2-8/h1-7,19H,(H3,15,16)(H,17,18). The van der Waals surface area contributed by atoms with E-state index < -0.39 is 0 Å². The van der Waals surface area contributed by atoms with E-state index in [-0.39, 0.29) is 11.6 Å². The van der Waals surface area contributed by atoms with Gasteiger partial charge in [-0.2, -0.15) is 0 Å². The zero-order valence-corrected chi connectivity index (χ0v) is 10.0. The minimum atomic E-state index is 0.0303. The van der Waals surface area contributed by atoms with E-state index in [4.69, 9.17) is 11.1 Å². The van der Waals surface area contributed by atoms with Crippen LogP contribution in [0, 0.1) is 5.41 Å². The summed E-state index contributed by atoms with van der Waals surface area (Å²) in [5.41, 5.74) is 8.65. The first-order valence-electron chi connectivity index (χ1n) is 5.77. The first-order chi connectivity index (χ1) is 9.13. The van der Waals surface area contributed by atoms with Crippen LogP contribution in [0.2, 0.25) is 0 Å². The second-order valence-electron chi connectivity index (χ2n) is 4.28. The lowest BCUT2D eigenvalue weighted by Gasteiger charge is -1.96. The molecule has 0 bridgehead atoms. The van der Waals surface area contributed by atoms with Gasteiger partial charge < -0.3 is 15.8 Å². The van der Waals surface area contributed by atoms with Crippen molar-refractivity contribution in [2.24, 2.45) is 5.73 Å². The molecule has 3 rings (SSSR count). The van der Waals surface area contributed by atoms with E-state index in [9.17, 15) is 5.11 Å². The lowest BCUT2D eigenvalue weighted by atomic mass is 10.2. The van der Waals surface area contributed by atoms with Gasteiger partial charge >= 0.3 is 0 Å². The van der Waals surface area contributed by atoms with Gasteiger partial charge in [0.05, 0.1) is 11.0 Å². The van der Waals surface area contributed by atoms with Gasteiger partial charge in [0.2, 0.25) is 0 Å². The fourth-order valence-corrected chi connectivity index (χ4v) is 1.93. The molecule has 0 spiro atoms. The van der Waals surface area contributed by atoms with Gasteiger partial charge in [-0.05, 0) is 42.5 Å². The number of rotatable bonds is 2. The van der Waals surface area contributed by atoms with Gasteiger partial charge in [0.1, 0.15) is 17.4 Å². The Bertz CT molecular complexity index is 759. The summed E-state index contributed by atoms with van der Waals surface area (Å²) in [5.74, 6) is 0.970. The van der Waals surface area contributed by atoms with Crippen molar-refractivity contribution >= 4 is 16.9 Å². The van der Waals surface area contributed by atoms with Crippen molar-refractivity contribution in [3.05, 3.63) is 48.0 Å². The van der Waals surface area contributed by atoms with E-state index in [0.717, 1.165) is 22.4 Å². The van der Waals surface area contributed by atoms with Crippen LogP contribution in [0.3, 0.4) is 0 Å². The highest BCUT2D eigenvalue weighted by atomic mass is 16.3. The Kier molecular flexibility index (Phi) is 2.45. The lowest BCUT2D eigenvalue weighted by molar-refractivity contribution is 0.475. The number of aromatic amines is 1. The smallest absolute Gasteiger partial charge is 0.138 e. The van der Waals surface area contributed by atoms with Gasteiger partial charge in [-0.3, -0.25) is 5.41 Å². The van der Waals surface area contributed by atoms with E-state index in [1.807, 2.05) is 6.07 Å². The number of aromatic hydroxyl groups is 1. The molecule has 5 nitrogen and oxygen atoms in total. The van der Waals surface area contributed by atoms with E-state index in [1.54, 1.807) is 36.4 Å². The van der Waals surface area contributed by atoms with Crippen molar-refractivity contribution in [1.82, 2.24) is 9.97 Å². The third-order valence-electron chi connectivity index (χ3n) is 2.93. The summed E-state index contributed by atoms with van der Waals surface area (Å²) in [7, 11) is 0. The molecular formula is C14H12N4O. The molecule has 3 aromatic rings. The molecule has 0 radical (unpaired) electrons. The van der Waals surface area contributed by atoms with Crippen molar-refractivity contribution in [2.75, 3.05) is 0 Å². The lowest BCUT2D eigenvalue weighted by Crippen LogP contribution is -2.10. The number of amidine groups is 1. The molecule has 0 saturated carbocycles. The van der Waals surface area contributed by atoms with Gasteiger partial charge in [-0.25, -0.2) is 4.98 Å². The summed E-state index contributed by atoms with van der Waals surface area (Å²) in [6, 6.07) is 12.2. The van der Waals surface area contributed by atoms with Crippen LogP contribution < -0.4 is 5.73 Å². The van der Waals surface area contributed by atoms with Gasteiger partial charge in [-0.1, -0.05) is 0 Å². The monoisotopic (exact) mass is 252 g/mol. The molecule has 2 aromatic carbocycles. The van der Waals surface area contributed by atoms with E-state index >= 15 is 0 Å². The maximum absolute atomic E-state index is 9.27. The van der Waals surface area contributed by atoms with Gasteiger partial charge in [-0.15, -0.1) is 0 Å². The zero-order valence-electron chi connectivity index (χ0n) is 10.0. The normalized spacial score (nSPS) is 10.7. The molecule has 0 aliphatic heterocycles. The highest BCUT2D eigenvalue weighted by Gasteiger charge is 2.06. The van der Waals surface area contributed by atoms with Crippen LogP contribution in [0.5, 0.6) is 5.75 Å². The Morgan fingerprint density at radius 2 is 1.89 bits per heavy atom. The Balaban J connectivity index is 2.11. The van der Waals surface area contributed by atoms with Gasteiger partial charge in [0, 0.05) is 11.1 Å². The predicted molar refractivity (Wildman–Crippen MR) is 74.2 cm³/mol. The Labute approximate surface area is 109 Å². The summed E-state index contributed by atoms with van der Waals surface area (Å²) < 4.78 is 0. The van der Waals surface area contributed by atoms with Gasteiger partial charge in [0.15, 0.2) is 0 Å². The highest BCUT2D eigenvalue weighted by Crippen LogP contribution is 2.22. The minimum absolute atomic E-state index is 0.0303. The van der Waals surface area contributed by atoms with Crippen LogP contribution in [-0.2, 0) is 0 Å². The summed E-state index contributed by atoms with van der Waals surface area (Å²) in [4.78, 5) is 7.65. The number of H-pyrrole nitrogens is 1. The Morgan fingerprint density at radius 3 is 2.58 bits per heavy atom. The SMILES string of the molecule is N=C(N)c1ccc2nc(-c3ccc(O)cc3)[nH]c2c1. The Morgan fingerprint density at radius 1 is 1.16 bits per heavy atom. The molecule has 1 heterocycles. The molecule has 0 unspecified atom stereocenters. The number of phenolic OH excluding ortho intramolecular Hbond substituents is 1. The molecule has 19 heavy (non-hydrogen) atoms. The molecule has 0 saturated heterocycles. The molecule has 5 heteroatoms. The summed E-state index contributed by atoms with van der Waals surface area (Å²) >= 11 is 0. The first kappa shape index (κ1) is 11.3. The van der Waals surface area contributed by atoms with E-state index in [0.29, 0.717) is 5.56 Å². The van der Waals surface area contributed by atoms with Crippen LogP contribution in [0.4, 0.5) is 0 Å². The zero-order chi connectivity index (χ0) is 13.4. The number of hydrogen-bond acceptors (Lipinski definition) is 3. The predicted octanol–water partition coefficient (Wildman–Crippen LogP) is 2.22. The minimum Gasteiger partial charge on any atom is -0.508 e. The van der Waals surface area contributed by atoms with Crippen LogP contribution in [0.1, 0.15) is 5.56 Å². The number of nitrogens with zero attached hydrogens (tertiary/aromatic N) is 1. The second-order valence-corrected chi connectivity index (χ2v) is 4.28. The second kappa shape index (κ2) is 4.13. The van der Waals surface area contributed by atoms with Crippen LogP contribution in [0.15, 0.2) is 42.5 Å². The molecule has 0 amide bonds. The topological polar surface area (TPSA) is 98.8 Å². The quantitative estimate of drug-likeness (QED) is 0.415. The molecule has 0 aliphatic rings. The molecule has 94 valence electrons. The maximum atomic E-state index is 9.27. The number of imidazole rings is 1. The summed E-state index contributed by atoms with van der Waals surface area (Å²) in [6.45, 7) is 0. The molecular weight excluding hydrogens is 240 g/mol. The number of nitrogens with one attached hydrogen (secondary N) is 2. The average Bonchev–Trinajstić information content (AvgIpc) is 2.82. The van der Waals surface area contributed by atoms with Crippen molar-refractivity contribution in [2.45, 2.75) is 0 Å². The van der Waals surface area contributed by atoms with E-state index in [1.165, 1.54) is 0 Å².